The van der Waals surface area contributed by atoms with Crippen LogP contribution in [0.2, 0.25) is 0 Å². The van der Waals surface area contributed by atoms with Gasteiger partial charge in [0.1, 0.15) is 0 Å². The van der Waals surface area contributed by atoms with Gasteiger partial charge in [-0.1, -0.05) is 6.42 Å². The number of halogens is 1. The Morgan fingerprint density at radius 3 is 2.40 bits per heavy atom. The highest BCUT2D eigenvalue weighted by molar-refractivity contribution is 7.89. The van der Waals surface area contributed by atoms with Crippen molar-refractivity contribution >= 4 is 21.6 Å². The standard InChI is InChI=1S/C9H20ClNO3S/c10-6-2-1-5-9-15(13,14)11-7-3-4-8-12/h11-12H,1-9H2. The van der Waals surface area contributed by atoms with E-state index < -0.39 is 10.0 Å². The molecule has 2 N–H and O–H groups in total. The fourth-order valence-electron chi connectivity index (χ4n) is 1.10. The van der Waals surface area contributed by atoms with Crippen LogP contribution in [0.4, 0.5) is 0 Å². The Bertz CT molecular complexity index is 214. The molecule has 0 saturated heterocycles. The Morgan fingerprint density at radius 2 is 1.80 bits per heavy atom. The fourth-order valence-corrected chi connectivity index (χ4v) is 2.47. The maximum Gasteiger partial charge on any atom is 0.211 e. The lowest BCUT2D eigenvalue weighted by Gasteiger charge is -2.05. The molecule has 92 valence electrons. The number of alkyl halides is 1. The van der Waals surface area contributed by atoms with Crippen LogP contribution >= 0.6 is 11.6 Å². The molecule has 0 heterocycles. The van der Waals surface area contributed by atoms with Gasteiger partial charge in [0.2, 0.25) is 10.0 Å². The van der Waals surface area contributed by atoms with Gasteiger partial charge in [-0.2, -0.15) is 0 Å². The zero-order valence-corrected chi connectivity index (χ0v) is 10.5. The van der Waals surface area contributed by atoms with Gasteiger partial charge in [0.25, 0.3) is 0 Å². The predicted octanol–water partition coefficient (Wildman–Crippen LogP) is 1.09. The maximum atomic E-state index is 11.4. The molecule has 0 atom stereocenters. The summed E-state index contributed by atoms with van der Waals surface area (Å²) in [6.45, 7) is 0.524. The Kier molecular flexibility index (Phi) is 9.49. The van der Waals surface area contributed by atoms with Crippen LogP contribution in [-0.4, -0.2) is 38.3 Å². The Labute approximate surface area is 97.1 Å². The highest BCUT2D eigenvalue weighted by Gasteiger charge is 2.08. The molecule has 0 unspecified atom stereocenters. The lowest BCUT2D eigenvalue weighted by molar-refractivity contribution is 0.285. The number of aliphatic hydroxyl groups excluding tert-OH is 1. The molecule has 15 heavy (non-hydrogen) atoms. The van der Waals surface area contributed by atoms with Crippen molar-refractivity contribution < 1.29 is 13.5 Å². The van der Waals surface area contributed by atoms with Gasteiger partial charge in [0.15, 0.2) is 0 Å². The number of nitrogens with one attached hydrogen (secondary N) is 1. The summed E-state index contributed by atoms with van der Waals surface area (Å²) >= 11 is 5.48. The molecule has 0 aromatic rings. The third kappa shape index (κ3) is 10.4. The van der Waals surface area contributed by atoms with Crippen LogP contribution in [0.1, 0.15) is 32.1 Å². The van der Waals surface area contributed by atoms with Crippen molar-refractivity contribution in [1.29, 1.82) is 0 Å². The van der Waals surface area contributed by atoms with Crippen molar-refractivity contribution in [2.24, 2.45) is 0 Å². The SMILES string of the molecule is O=S(=O)(CCCCCCl)NCCCCO. The summed E-state index contributed by atoms with van der Waals surface area (Å²) < 4.78 is 25.2. The minimum Gasteiger partial charge on any atom is -0.396 e. The monoisotopic (exact) mass is 257 g/mol. The van der Waals surface area contributed by atoms with Gasteiger partial charge in [0, 0.05) is 19.0 Å². The fraction of sp³-hybridized carbons (Fsp3) is 1.00. The first-order chi connectivity index (χ1) is 7.12. The number of hydrogen-bond donors (Lipinski definition) is 2. The topological polar surface area (TPSA) is 66.4 Å². The Balaban J connectivity index is 3.50. The summed E-state index contributed by atoms with van der Waals surface area (Å²) in [5, 5.41) is 8.51. The molecule has 0 aromatic carbocycles. The number of aliphatic hydroxyl groups is 1. The average molecular weight is 258 g/mol. The molecule has 0 spiro atoms. The van der Waals surface area contributed by atoms with E-state index in [1.165, 1.54) is 0 Å². The van der Waals surface area contributed by atoms with Crippen molar-refractivity contribution in [2.45, 2.75) is 32.1 Å². The van der Waals surface area contributed by atoms with Gasteiger partial charge in [0.05, 0.1) is 5.75 Å². The first kappa shape index (κ1) is 15.2. The van der Waals surface area contributed by atoms with E-state index in [1.807, 2.05) is 0 Å². The highest BCUT2D eigenvalue weighted by atomic mass is 35.5. The van der Waals surface area contributed by atoms with E-state index in [2.05, 4.69) is 4.72 Å². The van der Waals surface area contributed by atoms with E-state index in [4.69, 9.17) is 16.7 Å². The molecule has 0 amide bonds. The van der Waals surface area contributed by atoms with Crippen molar-refractivity contribution in [1.82, 2.24) is 4.72 Å². The van der Waals surface area contributed by atoms with E-state index in [1.54, 1.807) is 0 Å². The Morgan fingerprint density at radius 1 is 1.07 bits per heavy atom. The molecule has 0 rings (SSSR count). The van der Waals surface area contributed by atoms with Crippen molar-refractivity contribution in [3.05, 3.63) is 0 Å². The zero-order valence-electron chi connectivity index (χ0n) is 8.91. The van der Waals surface area contributed by atoms with E-state index in [9.17, 15) is 8.42 Å². The number of hydrogen-bond acceptors (Lipinski definition) is 3. The number of unbranched alkanes of at least 4 members (excludes halogenated alkanes) is 3. The van der Waals surface area contributed by atoms with Crippen molar-refractivity contribution in [2.75, 3.05) is 24.8 Å². The molecule has 0 saturated carbocycles. The average Bonchev–Trinajstić information content (AvgIpc) is 2.20. The van der Waals surface area contributed by atoms with Gasteiger partial charge in [-0.3, -0.25) is 0 Å². The summed E-state index contributed by atoms with van der Waals surface area (Å²) in [4.78, 5) is 0. The van der Waals surface area contributed by atoms with Crippen molar-refractivity contribution in [3.63, 3.8) is 0 Å². The van der Waals surface area contributed by atoms with Crippen LogP contribution in [0.5, 0.6) is 0 Å². The highest BCUT2D eigenvalue weighted by Crippen LogP contribution is 2.00. The predicted molar refractivity (Wildman–Crippen MR) is 62.7 cm³/mol. The van der Waals surface area contributed by atoms with Crippen LogP contribution < -0.4 is 4.72 Å². The van der Waals surface area contributed by atoms with Gasteiger partial charge in [-0.25, -0.2) is 13.1 Å². The normalized spacial score (nSPS) is 11.9. The quantitative estimate of drug-likeness (QED) is 0.455. The molecule has 0 fully saturated rings. The molecule has 0 bridgehead atoms. The second-order valence-corrected chi connectivity index (χ2v) is 5.70. The van der Waals surface area contributed by atoms with Crippen LogP contribution in [0, 0.1) is 0 Å². The minimum atomic E-state index is -3.12. The van der Waals surface area contributed by atoms with Crippen molar-refractivity contribution in [3.8, 4) is 0 Å². The summed E-state index contributed by atoms with van der Waals surface area (Å²) in [6.07, 6.45) is 3.68. The summed E-state index contributed by atoms with van der Waals surface area (Å²) in [6, 6.07) is 0. The summed E-state index contributed by atoms with van der Waals surface area (Å²) in [5.74, 6) is 0.757. The lowest BCUT2D eigenvalue weighted by Crippen LogP contribution is -2.27. The van der Waals surface area contributed by atoms with Crippen LogP contribution in [0.25, 0.3) is 0 Å². The van der Waals surface area contributed by atoms with E-state index in [0.717, 1.165) is 12.8 Å². The number of sulfonamides is 1. The Hall–Kier alpha value is 0.160. The van der Waals surface area contributed by atoms with E-state index in [-0.39, 0.29) is 12.4 Å². The summed E-state index contributed by atoms with van der Waals surface area (Å²) in [5.41, 5.74) is 0. The maximum absolute atomic E-state index is 11.4. The third-order valence-electron chi connectivity index (χ3n) is 1.95. The molecular weight excluding hydrogens is 238 g/mol. The largest absolute Gasteiger partial charge is 0.396 e. The minimum absolute atomic E-state index is 0.109. The second-order valence-electron chi connectivity index (χ2n) is 3.39. The number of rotatable bonds is 10. The smallest absolute Gasteiger partial charge is 0.211 e. The molecule has 0 aliphatic heterocycles. The molecule has 4 nitrogen and oxygen atoms in total. The van der Waals surface area contributed by atoms with Crippen LogP contribution in [0.3, 0.4) is 0 Å². The van der Waals surface area contributed by atoms with Gasteiger partial charge in [-0.05, 0) is 25.7 Å². The van der Waals surface area contributed by atoms with Crippen LogP contribution in [0.15, 0.2) is 0 Å². The van der Waals surface area contributed by atoms with Gasteiger partial charge in [-0.15, -0.1) is 11.6 Å². The first-order valence-electron chi connectivity index (χ1n) is 5.26. The second kappa shape index (κ2) is 9.39. The molecular formula is C9H20ClNO3S. The molecule has 0 aliphatic rings. The van der Waals surface area contributed by atoms with E-state index in [0.29, 0.717) is 31.7 Å². The van der Waals surface area contributed by atoms with Crippen LogP contribution in [-0.2, 0) is 10.0 Å². The summed E-state index contributed by atoms with van der Waals surface area (Å²) in [7, 11) is -3.12. The van der Waals surface area contributed by atoms with E-state index >= 15 is 0 Å². The lowest BCUT2D eigenvalue weighted by atomic mass is 10.3. The van der Waals surface area contributed by atoms with Gasteiger partial charge >= 0.3 is 0 Å². The molecule has 0 radical (unpaired) electrons. The first-order valence-corrected chi connectivity index (χ1v) is 7.45. The zero-order chi connectivity index (χ0) is 11.6. The third-order valence-corrected chi connectivity index (χ3v) is 3.69. The molecule has 6 heteroatoms. The van der Waals surface area contributed by atoms with Gasteiger partial charge < -0.3 is 5.11 Å². The molecule has 0 aromatic heterocycles. The molecule has 0 aliphatic carbocycles.